The summed E-state index contributed by atoms with van der Waals surface area (Å²) < 4.78 is 55.7. The second kappa shape index (κ2) is 47.3. The molecule has 0 atom stereocenters. The smallest absolute Gasteiger partial charge is 0.240 e. The number of carbonyl (C=O) groups is 2. The molecule has 2 amide bonds. The Labute approximate surface area is 793 Å². The van der Waals surface area contributed by atoms with Crippen molar-refractivity contribution in [2.24, 2.45) is 26.9 Å². The van der Waals surface area contributed by atoms with Gasteiger partial charge in [0.25, 0.3) is 0 Å². The van der Waals surface area contributed by atoms with Crippen molar-refractivity contribution in [3.8, 4) is 91.0 Å². The largest absolute Gasteiger partial charge is 0.497 e. The Hall–Kier alpha value is -15.7. The first-order valence-electron chi connectivity index (χ1n) is 44.5. The number of hydrogen-bond donors (Lipinski definition) is 5. The molecule has 8 aromatic heterocycles. The Bertz CT molecular complexity index is 6660. The summed E-state index contributed by atoms with van der Waals surface area (Å²) in [7, 11) is 20.1. The third kappa shape index (κ3) is 25.4. The predicted octanol–water partition coefficient (Wildman–Crippen LogP) is 12.9. The number of aliphatic hydroxyl groups excluding tert-OH is 2. The lowest BCUT2D eigenvalue weighted by atomic mass is 10.1. The van der Waals surface area contributed by atoms with E-state index in [1.165, 1.54) is 25.9 Å². The van der Waals surface area contributed by atoms with Crippen LogP contribution in [0.25, 0.3) is 89.2 Å². The van der Waals surface area contributed by atoms with Crippen molar-refractivity contribution in [2.75, 3.05) is 169 Å². The molecule has 1 saturated heterocycles. The van der Waals surface area contributed by atoms with Crippen LogP contribution in [0.15, 0.2) is 220 Å². The van der Waals surface area contributed by atoms with Crippen LogP contribution in [-0.4, -0.2) is 255 Å². The minimum atomic E-state index is -0.244. The Morgan fingerprint density at radius 3 is 0.978 bits per heavy atom. The number of benzene rings is 8. The SMILES string of the molecule is COCCNC(=O)CN(c1cc(OC)cc(OC)c1)c1ccc2ncc(-c3cnn(C)c3)nc2c1.COc1cc(OC)cc(N(CC(=O)NCCO)c2ccc3ncc(-c4cnn(C)c4)nc3c2)c1.COc1cc(OC)cc(N(CCCN)c2ccc3ncc(-c4cnn(C)c4)nc3c2)c1.COc1cc(OC)cc(N(CCCN2CCCC2)c2ccc3ncc(-c4cnn(CCO)c4)nc3c2)c1. The van der Waals surface area contributed by atoms with Gasteiger partial charge in [-0.2, -0.15) is 20.4 Å². The van der Waals surface area contributed by atoms with Crippen LogP contribution in [0.1, 0.15) is 25.7 Å². The normalized spacial score (nSPS) is 11.7. The second-order valence-corrected chi connectivity index (χ2v) is 31.9. The van der Waals surface area contributed by atoms with Gasteiger partial charge >= 0.3 is 0 Å². The standard InChI is InChI=1S/C28H34N6O3.C25H28N6O4.C24H26N6O4.C23H26N6O2/c1-36-24-14-23(15-25(17-24)37-2)34(11-5-10-32-8-3-4-9-32)22-6-7-26-27(16-22)31-28(19-29-26)21-18-30-33(20-21)12-13-35;1-30-15-17(13-28-30)24-14-27-22-6-5-18(11-23(22)29-24)31(16-25(32)26-7-8-33-2)19-9-20(34-3)12-21(10-19)35-4;1-29-14-16(12-27-29)23-13-26-21-5-4-17(10-22(21)28-23)30(15-24(32)25-6-7-31)18-8-19(33-2)11-20(9-18)34-3;1-28-15-16(13-26-28)23-14-25-21-6-5-17(11-22(21)27-23)29(8-4-7-24)18-9-19(30-2)12-20(10-18)31-3/h6-7,14-20,35H,3-5,8-13H2,1-2H3;5-6,9-15H,7-8,16H2,1-4H3,(H,26,32);4-5,8-14,31H,6-7,15H2,1-3H3,(H,25,32);5-6,9-15H,4,7-8,24H2,1-3H3. The Morgan fingerprint density at radius 2 is 0.672 bits per heavy atom. The van der Waals surface area contributed by atoms with Crippen LogP contribution in [0.4, 0.5) is 45.5 Å². The zero-order chi connectivity index (χ0) is 96.3. The third-order valence-corrected chi connectivity index (χ3v) is 22.5. The molecule has 0 unspecified atom stereocenters. The fourth-order valence-electron chi connectivity index (χ4n) is 15.5. The molecule has 6 N–H and O–H groups in total. The van der Waals surface area contributed by atoms with Gasteiger partial charge in [-0.05, 0) is 125 Å². The van der Waals surface area contributed by atoms with Gasteiger partial charge in [-0.15, -0.1) is 0 Å². The fraction of sp³-hybridized carbons (Fsp3) is 0.300. The number of aliphatic hydroxyl groups is 2. The van der Waals surface area contributed by atoms with Crippen LogP contribution >= 0.6 is 0 Å². The van der Waals surface area contributed by atoms with Crippen molar-refractivity contribution in [2.45, 2.75) is 32.2 Å². The minimum absolute atomic E-state index is 0.0115. The van der Waals surface area contributed by atoms with E-state index in [-0.39, 0.29) is 44.7 Å². The van der Waals surface area contributed by atoms with Gasteiger partial charge in [0.2, 0.25) is 11.8 Å². The van der Waals surface area contributed by atoms with Crippen molar-refractivity contribution in [3.05, 3.63) is 220 Å². The molecule has 37 heteroatoms. The number of nitrogens with zero attached hydrogens (tertiary/aromatic N) is 21. The van der Waals surface area contributed by atoms with E-state index in [1.807, 2.05) is 177 Å². The molecule has 137 heavy (non-hydrogen) atoms. The molecule has 0 saturated carbocycles. The number of ether oxygens (including phenoxy) is 9. The van der Waals surface area contributed by atoms with E-state index in [9.17, 15) is 14.7 Å². The summed E-state index contributed by atoms with van der Waals surface area (Å²) in [4.78, 5) is 73.7. The first-order chi connectivity index (χ1) is 66.8. The Morgan fingerprint density at radius 1 is 0.358 bits per heavy atom. The molecular formula is C100H114N24O13. The molecule has 1 fully saturated rings. The highest BCUT2D eigenvalue weighted by Gasteiger charge is 2.24. The monoisotopic (exact) mass is 1860 g/mol. The lowest BCUT2D eigenvalue weighted by molar-refractivity contribution is -0.120. The summed E-state index contributed by atoms with van der Waals surface area (Å²) in [6.07, 6.45) is 26.0. The number of fused-ring (bicyclic) bond motifs is 4. The van der Waals surface area contributed by atoms with E-state index in [0.29, 0.717) is 71.7 Å². The van der Waals surface area contributed by atoms with Gasteiger partial charge < -0.3 is 93.7 Å². The average Bonchev–Trinajstić information content (AvgIpc) is 1.53. The molecule has 712 valence electrons. The second-order valence-electron chi connectivity index (χ2n) is 31.9. The summed E-state index contributed by atoms with van der Waals surface area (Å²) >= 11 is 0. The number of anilines is 8. The van der Waals surface area contributed by atoms with Gasteiger partial charge in [0.05, 0.1) is 200 Å². The summed E-state index contributed by atoms with van der Waals surface area (Å²) in [5.74, 6) is 4.97. The molecule has 37 nitrogen and oxygen atoms in total. The maximum Gasteiger partial charge on any atom is 0.240 e. The zero-order valence-corrected chi connectivity index (χ0v) is 78.9. The van der Waals surface area contributed by atoms with Crippen LogP contribution < -0.4 is 73.9 Å². The van der Waals surface area contributed by atoms with Crippen molar-refractivity contribution < 1.29 is 62.4 Å². The molecule has 0 radical (unpaired) electrons. The molecule has 1 aliphatic heterocycles. The lowest BCUT2D eigenvalue weighted by Crippen LogP contribution is -2.36. The van der Waals surface area contributed by atoms with E-state index in [0.717, 1.165) is 168 Å². The van der Waals surface area contributed by atoms with Gasteiger partial charge in [-0.1, -0.05) is 0 Å². The maximum atomic E-state index is 12.8. The number of methoxy groups -OCH3 is 9. The number of amides is 2. The van der Waals surface area contributed by atoms with Gasteiger partial charge in [0.1, 0.15) is 59.1 Å². The summed E-state index contributed by atoms with van der Waals surface area (Å²) in [6.45, 7) is 7.09. The van der Waals surface area contributed by atoms with E-state index < -0.39 is 0 Å². The molecule has 16 aromatic rings. The quantitative estimate of drug-likeness (QED) is 0.0224. The highest BCUT2D eigenvalue weighted by molar-refractivity contribution is 5.91. The van der Waals surface area contributed by atoms with E-state index in [2.05, 4.69) is 77.8 Å². The number of nitrogens with one attached hydrogen (secondary N) is 2. The molecule has 17 rings (SSSR count). The van der Waals surface area contributed by atoms with Crippen LogP contribution in [-0.2, 0) is 42.0 Å². The number of likely N-dealkylation sites (tertiary alicyclic amines) is 1. The molecular weight excluding hydrogens is 1750 g/mol. The molecule has 9 heterocycles. The molecule has 8 aromatic carbocycles. The van der Waals surface area contributed by atoms with Crippen LogP contribution in [0, 0.1) is 0 Å². The Balaban J connectivity index is 0.000000146. The van der Waals surface area contributed by atoms with Gasteiger partial charge in [-0.25, -0.2) is 19.9 Å². The van der Waals surface area contributed by atoms with E-state index in [1.54, 1.807) is 144 Å². The number of hydrogen-bond acceptors (Lipinski definition) is 31. The lowest BCUT2D eigenvalue weighted by Gasteiger charge is -2.27. The van der Waals surface area contributed by atoms with Gasteiger partial charge in [-0.3, -0.25) is 48.3 Å². The fourth-order valence-corrected chi connectivity index (χ4v) is 15.5. The van der Waals surface area contributed by atoms with Gasteiger partial charge in [0.15, 0.2) is 0 Å². The first-order valence-corrected chi connectivity index (χ1v) is 44.5. The van der Waals surface area contributed by atoms with Crippen LogP contribution in [0.5, 0.6) is 46.0 Å². The van der Waals surface area contributed by atoms with Gasteiger partial charge in [0, 0.05) is 220 Å². The number of rotatable bonds is 38. The molecule has 0 spiro atoms. The number of aryl methyl sites for hydroxylation is 3. The number of carbonyl (C=O) groups excluding carboxylic acids is 2. The topological polar surface area (TPSA) is 398 Å². The van der Waals surface area contributed by atoms with E-state index >= 15 is 0 Å². The highest BCUT2D eigenvalue weighted by atomic mass is 16.5. The van der Waals surface area contributed by atoms with Crippen molar-refractivity contribution in [1.29, 1.82) is 0 Å². The van der Waals surface area contributed by atoms with E-state index in [4.69, 9.17) is 73.4 Å². The summed E-state index contributed by atoms with van der Waals surface area (Å²) in [5.41, 5.74) is 25.4. The van der Waals surface area contributed by atoms with Crippen molar-refractivity contribution >= 4 is 101 Å². The third-order valence-electron chi connectivity index (χ3n) is 22.5. The van der Waals surface area contributed by atoms with Crippen molar-refractivity contribution in [1.82, 2.24) is 94.5 Å². The Kier molecular flexibility index (Phi) is 33.6. The average molecular weight is 1860 g/mol. The maximum absolute atomic E-state index is 12.8. The molecule has 0 bridgehead atoms. The number of aromatic nitrogens is 16. The minimum Gasteiger partial charge on any atom is -0.497 e. The highest BCUT2D eigenvalue weighted by Crippen LogP contribution is 2.41. The first kappa shape index (κ1) is 97.3. The molecule has 1 aliphatic rings. The van der Waals surface area contributed by atoms with Crippen LogP contribution in [0.2, 0.25) is 0 Å². The zero-order valence-electron chi connectivity index (χ0n) is 78.9. The summed E-state index contributed by atoms with van der Waals surface area (Å²) in [5, 5.41) is 40.8. The predicted molar refractivity (Wildman–Crippen MR) is 528 cm³/mol. The molecule has 0 aliphatic carbocycles. The van der Waals surface area contributed by atoms with Crippen LogP contribution in [0.3, 0.4) is 0 Å². The number of nitrogens with two attached hydrogens (primary N) is 1. The van der Waals surface area contributed by atoms with Crippen molar-refractivity contribution in [3.63, 3.8) is 0 Å². The summed E-state index contributed by atoms with van der Waals surface area (Å²) in [6, 6.07) is 46.3.